The standard InChI is InChI=1S/C16H26N4OS/c1-13-5-3-9-20(12-13)15(21)7-8-18-16(17-2)19-11-14-6-4-10-22-14/h4,6,10,13H,3,5,7-9,11-12H2,1-2H3,(H2,17,18,19). The second-order valence-corrected chi connectivity index (χ2v) is 6.80. The molecule has 2 N–H and O–H groups in total. The number of thiophene rings is 1. The molecule has 0 aromatic carbocycles. The zero-order chi connectivity index (χ0) is 15.8. The van der Waals surface area contributed by atoms with Crippen LogP contribution in [0.4, 0.5) is 0 Å². The number of piperidine rings is 1. The lowest BCUT2D eigenvalue weighted by atomic mass is 10.00. The smallest absolute Gasteiger partial charge is 0.224 e. The molecule has 0 bridgehead atoms. The molecule has 1 aromatic rings. The molecule has 1 aromatic heterocycles. The predicted octanol–water partition coefficient (Wildman–Crippen LogP) is 2.06. The summed E-state index contributed by atoms with van der Waals surface area (Å²) in [5, 5.41) is 8.53. The molecule has 1 atom stereocenters. The molecule has 0 radical (unpaired) electrons. The van der Waals surface area contributed by atoms with Crippen molar-refractivity contribution in [2.24, 2.45) is 10.9 Å². The Balaban J connectivity index is 1.66. The zero-order valence-corrected chi connectivity index (χ0v) is 14.3. The SMILES string of the molecule is CN=C(NCCC(=O)N1CCCC(C)C1)NCc1cccs1. The van der Waals surface area contributed by atoms with Crippen LogP contribution in [0.3, 0.4) is 0 Å². The predicted molar refractivity (Wildman–Crippen MR) is 92.1 cm³/mol. The molecule has 2 heterocycles. The molecule has 1 unspecified atom stereocenters. The van der Waals surface area contributed by atoms with Gasteiger partial charge in [0.05, 0.1) is 6.54 Å². The summed E-state index contributed by atoms with van der Waals surface area (Å²) in [6.07, 6.45) is 2.89. The molecule has 0 saturated carbocycles. The Bertz CT molecular complexity index is 486. The van der Waals surface area contributed by atoms with Gasteiger partial charge in [-0.1, -0.05) is 13.0 Å². The van der Waals surface area contributed by atoms with Crippen LogP contribution in [0.5, 0.6) is 0 Å². The maximum atomic E-state index is 12.2. The van der Waals surface area contributed by atoms with Crippen LogP contribution in [0.15, 0.2) is 22.5 Å². The summed E-state index contributed by atoms with van der Waals surface area (Å²) >= 11 is 1.72. The average molecular weight is 322 g/mol. The largest absolute Gasteiger partial charge is 0.356 e. The number of hydrogen-bond donors (Lipinski definition) is 2. The Morgan fingerprint density at radius 3 is 3.05 bits per heavy atom. The number of rotatable bonds is 5. The fourth-order valence-corrected chi connectivity index (χ4v) is 3.31. The maximum Gasteiger partial charge on any atom is 0.224 e. The second kappa shape index (κ2) is 8.78. The molecule has 2 rings (SSSR count). The summed E-state index contributed by atoms with van der Waals surface area (Å²) in [5.41, 5.74) is 0. The number of carbonyl (C=O) groups excluding carboxylic acids is 1. The van der Waals surface area contributed by atoms with Gasteiger partial charge in [0.25, 0.3) is 0 Å². The maximum absolute atomic E-state index is 12.2. The third-order valence-corrected chi connectivity index (χ3v) is 4.75. The second-order valence-electron chi connectivity index (χ2n) is 5.77. The van der Waals surface area contributed by atoms with Crippen LogP contribution in [-0.2, 0) is 11.3 Å². The monoisotopic (exact) mass is 322 g/mol. The van der Waals surface area contributed by atoms with Crippen molar-refractivity contribution in [3.05, 3.63) is 22.4 Å². The first kappa shape index (κ1) is 16.8. The molecular formula is C16H26N4OS. The fraction of sp³-hybridized carbons (Fsp3) is 0.625. The van der Waals surface area contributed by atoms with Crippen molar-refractivity contribution in [2.75, 3.05) is 26.7 Å². The first-order valence-corrected chi connectivity index (χ1v) is 8.81. The molecule has 1 aliphatic rings. The van der Waals surface area contributed by atoms with E-state index in [1.54, 1.807) is 18.4 Å². The number of nitrogens with one attached hydrogen (secondary N) is 2. The number of nitrogens with zero attached hydrogens (tertiary/aromatic N) is 2. The minimum Gasteiger partial charge on any atom is -0.356 e. The van der Waals surface area contributed by atoms with Crippen LogP contribution in [0.1, 0.15) is 31.1 Å². The fourth-order valence-electron chi connectivity index (χ4n) is 2.67. The topological polar surface area (TPSA) is 56.7 Å². The Morgan fingerprint density at radius 1 is 1.50 bits per heavy atom. The minimum absolute atomic E-state index is 0.243. The molecule has 122 valence electrons. The van der Waals surface area contributed by atoms with Crippen molar-refractivity contribution in [3.63, 3.8) is 0 Å². The van der Waals surface area contributed by atoms with Crippen molar-refractivity contribution in [2.45, 2.75) is 32.7 Å². The first-order chi connectivity index (χ1) is 10.7. The number of amides is 1. The third-order valence-electron chi connectivity index (χ3n) is 3.87. The van der Waals surface area contributed by atoms with Crippen molar-refractivity contribution < 1.29 is 4.79 Å². The normalized spacial score (nSPS) is 19.1. The summed E-state index contributed by atoms with van der Waals surface area (Å²) in [4.78, 5) is 19.6. The molecular weight excluding hydrogens is 296 g/mol. The van der Waals surface area contributed by atoms with E-state index in [1.807, 2.05) is 11.0 Å². The lowest BCUT2D eigenvalue weighted by molar-refractivity contribution is -0.132. The van der Waals surface area contributed by atoms with Gasteiger partial charge in [-0.05, 0) is 30.2 Å². The van der Waals surface area contributed by atoms with Crippen LogP contribution < -0.4 is 10.6 Å². The van der Waals surface area contributed by atoms with Gasteiger partial charge >= 0.3 is 0 Å². The molecule has 1 aliphatic heterocycles. The van der Waals surface area contributed by atoms with E-state index in [0.29, 0.717) is 18.9 Å². The lowest BCUT2D eigenvalue weighted by Crippen LogP contribution is -2.42. The van der Waals surface area contributed by atoms with Crippen LogP contribution in [-0.4, -0.2) is 43.4 Å². The van der Waals surface area contributed by atoms with Gasteiger partial charge in [-0.25, -0.2) is 0 Å². The van der Waals surface area contributed by atoms with E-state index in [-0.39, 0.29) is 5.91 Å². The molecule has 0 spiro atoms. The zero-order valence-electron chi connectivity index (χ0n) is 13.5. The number of carbonyl (C=O) groups is 1. The molecule has 0 aliphatic carbocycles. The van der Waals surface area contributed by atoms with Crippen molar-refractivity contribution >= 4 is 23.2 Å². The van der Waals surface area contributed by atoms with Gasteiger partial charge in [0.15, 0.2) is 5.96 Å². The van der Waals surface area contributed by atoms with Crippen molar-refractivity contribution in [3.8, 4) is 0 Å². The van der Waals surface area contributed by atoms with Crippen LogP contribution in [0.2, 0.25) is 0 Å². The van der Waals surface area contributed by atoms with Gasteiger partial charge in [0.2, 0.25) is 5.91 Å². The number of aliphatic imine (C=N–C) groups is 1. The number of likely N-dealkylation sites (tertiary alicyclic amines) is 1. The molecule has 22 heavy (non-hydrogen) atoms. The molecule has 5 nitrogen and oxygen atoms in total. The lowest BCUT2D eigenvalue weighted by Gasteiger charge is -2.31. The van der Waals surface area contributed by atoms with Gasteiger partial charge in [0, 0.05) is 38.0 Å². The van der Waals surface area contributed by atoms with Crippen LogP contribution >= 0.6 is 11.3 Å². The van der Waals surface area contributed by atoms with Crippen LogP contribution in [0.25, 0.3) is 0 Å². The summed E-state index contributed by atoms with van der Waals surface area (Å²) in [6.45, 7) is 5.41. The van der Waals surface area contributed by atoms with Crippen LogP contribution in [0, 0.1) is 5.92 Å². The van der Waals surface area contributed by atoms with E-state index in [2.05, 4.69) is 34.0 Å². The third kappa shape index (κ3) is 5.33. The van der Waals surface area contributed by atoms with Gasteiger partial charge in [0.1, 0.15) is 0 Å². The Labute approximate surface area is 136 Å². The highest BCUT2D eigenvalue weighted by molar-refractivity contribution is 7.09. The van der Waals surface area contributed by atoms with Gasteiger partial charge < -0.3 is 15.5 Å². The van der Waals surface area contributed by atoms with E-state index in [4.69, 9.17) is 0 Å². The van der Waals surface area contributed by atoms with E-state index >= 15 is 0 Å². The Morgan fingerprint density at radius 2 is 2.36 bits per heavy atom. The molecule has 1 amide bonds. The highest BCUT2D eigenvalue weighted by Crippen LogP contribution is 2.15. The van der Waals surface area contributed by atoms with E-state index in [1.165, 1.54) is 11.3 Å². The van der Waals surface area contributed by atoms with E-state index in [9.17, 15) is 4.79 Å². The number of guanidine groups is 1. The number of hydrogen-bond acceptors (Lipinski definition) is 3. The van der Waals surface area contributed by atoms with Gasteiger partial charge in [-0.15, -0.1) is 11.3 Å². The van der Waals surface area contributed by atoms with Crippen molar-refractivity contribution in [1.82, 2.24) is 15.5 Å². The highest BCUT2D eigenvalue weighted by Gasteiger charge is 2.20. The van der Waals surface area contributed by atoms with Gasteiger partial charge in [-0.2, -0.15) is 0 Å². The molecule has 6 heteroatoms. The van der Waals surface area contributed by atoms with E-state index in [0.717, 1.165) is 32.0 Å². The van der Waals surface area contributed by atoms with E-state index < -0.39 is 0 Å². The molecule has 1 fully saturated rings. The Kier molecular flexibility index (Phi) is 6.71. The van der Waals surface area contributed by atoms with Crippen molar-refractivity contribution in [1.29, 1.82) is 0 Å². The minimum atomic E-state index is 0.243. The Hall–Kier alpha value is -1.56. The highest BCUT2D eigenvalue weighted by atomic mass is 32.1. The summed E-state index contributed by atoms with van der Waals surface area (Å²) in [6, 6.07) is 4.13. The van der Waals surface area contributed by atoms with Gasteiger partial charge in [-0.3, -0.25) is 9.79 Å². The average Bonchev–Trinajstić information content (AvgIpc) is 3.04. The quantitative estimate of drug-likeness (QED) is 0.644. The molecule has 1 saturated heterocycles. The first-order valence-electron chi connectivity index (χ1n) is 7.93. The summed E-state index contributed by atoms with van der Waals surface area (Å²) < 4.78 is 0. The summed E-state index contributed by atoms with van der Waals surface area (Å²) in [5.74, 6) is 1.62. The summed E-state index contributed by atoms with van der Waals surface area (Å²) in [7, 11) is 1.75.